The minimum Gasteiger partial charge on any atom is -0.508 e. The van der Waals surface area contributed by atoms with Gasteiger partial charge in [0.1, 0.15) is 5.75 Å². The lowest BCUT2D eigenvalue weighted by Gasteiger charge is -2.32. The molecule has 19 heavy (non-hydrogen) atoms. The Hall–Kier alpha value is -1.90. The van der Waals surface area contributed by atoms with Gasteiger partial charge in [-0.15, -0.1) is 0 Å². The number of benzene rings is 1. The van der Waals surface area contributed by atoms with E-state index in [1.165, 1.54) is 0 Å². The molecule has 3 nitrogen and oxygen atoms in total. The van der Waals surface area contributed by atoms with Crippen LogP contribution in [0.2, 0.25) is 0 Å². The van der Waals surface area contributed by atoms with Crippen molar-refractivity contribution in [3.05, 3.63) is 33.9 Å². The fourth-order valence-corrected chi connectivity index (χ4v) is 3.35. The number of allylic oxidation sites excluding steroid dienone is 2. The van der Waals surface area contributed by atoms with E-state index >= 15 is 0 Å². The van der Waals surface area contributed by atoms with Gasteiger partial charge in [-0.25, -0.2) is 0 Å². The minimum absolute atomic E-state index is 0.215. The number of aryl methyl sites for hydroxylation is 1. The lowest BCUT2D eigenvalue weighted by Crippen LogP contribution is -2.27. The Kier molecular flexibility index (Phi) is 2.43. The molecule has 1 unspecified atom stereocenters. The van der Waals surface area contributed by atoms with Gasteiger partial charge in [0.25, 0.3) is 0 Å². The topological polar surface area (TPSA) is 54.4 Å². The molecule has 3 rings (SSSR count). The SMILES string of the molecule is CC1=C2CCC(C)c3c(O)cc(C)c(c32)C(=O)C1=O. The molecular weight excluding hydrogens is 240 g/mol. The van der Waals surface area contributed by atoms with Crippen molar-refractivity contribution in [1.29, 1.82) is 0 Å². The molecule has 3 heteroatoms. The quantitative estimate of drug-likeness (QED) is 0.725. The number of hydrogen-bond donors (Lipinski definition) is 1. The van der Waals surface area contributed by atoms with Crippen molar-refractivity contribution in [2.45, 2.75) is 39.5 Å². The number of Topliss-reactive ketones (excluding diaryl/α,β-unsaturated/α-hetero) is 2. The molecule has 1 aromatic carbocycles. The van der Waals surface area contributed by atoms with E-state index in [1.54, 1.807) is 19.9 Å². The van der Waals surface area contributed by atoms with Crippen LogP contribution in [0.15, 0.2) is 11.6 Å². The second-order valence-corrected chi connectivity index (χ2v) is 5.58. The Balaban J connectivity index is 2.48. The third kappa shape index (κ3) is 1.44. The summed E-state index contributed by atoms with van der Waals surface area (Å²) in [7, 11) is 0. The molecule has 0 saturated carbocycles. The molecule has 1 N–H and O–H groups in total. The van der Waals surface area contributed by atoms with Crippen LogP contribution in [-0.2, 0) is 4.79 Å². The summed E-state index contributed by atoms with van der Waals surface area (Å²) in [5.74, 6) is -0.358. The van der Waals surface area contributed by atoms with Gasteiger partial charge >= 0.3 is 0 Å². The first kappa shape index (κ1) is 12.2. The minimum atomic E-state index is -0.427. The first-order chi connectivity index (χ1) is 8.93. The molecule has 0 aliphatic heterocycles. The third-order valence-electron chi connectivity index (χ3n) is 4.39. The Labute approximate surface area is 111 Å². The number of aromatic hydroxyl groups is 1. The number of rotatable bonds is 0. The van der Waals surface area contributed by atoms with E-state index in [0.717, 1.165) is 29.5 Å². The molecule has 0 amide bonds. The van der Waals surface area contributed by atoms with Crippen LogP contribution in [-0.4, -0.2) is 16.7 Å². The maximum Gasteiger partial charge on any atom is 0.234 e. The van der Waals surface area contributed by atoms with Crippen LogP contribution in [0, 0.1) is 6.92 Å². The van der Waals surface area contributed by atoms with Gasteiger partial charge in [-0.05, 0) is 55.4 Å². The smallest absolute Gasteiger partial charge is 0.234 e. The zero-order valence-corrected chi connectivity index (χ0v) is 11.3. The van der Waals surface area contributed by atoms with E-state index in [-0.39, 0.29) is 11.7 Å². The summed E-state index contributed by atoms with van der Waals surface area (Å²) in [5, 5.41) is 10.2. The van der Waals surface area contributed by atoms with Crippen molar-refractivity contribution in [3.63, 3.8) is 0 Å². The van der Waals surface area contributed by atoms with Gasteiger partial charge in [0.05, 0.1) is 0 Å². The first-order valence-corrected chi connectivity index (χ1v) is 6.59. The second-order valence-electron chi connectivity index (χ2n) is 5.58. The molecule has 0 saturated heterocycles. The van der Waals surface area contributed by atoms with Crippen LogP contribution in [0.4, 0.5) is 0 Å². The number of carbonyl (C=O) groups is 2. The van der Waals surface area contributed by atoms with Gasteiger partial charge < -0.3 is 5.11 Å². The van der Waals surface area contributed by atoms with Gasteiger partial charge in [-0.2, -0.15) is 0 Å². The van der Waals surface area contributed by atoms with Crippen LogP contribution in [0.3, 0.4) is 0 Å². The summed E-state index contributed by atoms with van der Waals surface area (Å²) in [6, 6.07) is 1.61. The van der Waals surface area contributed by atoms with E-state index in [4.69, 9.17) is 0 Å². The Morgan fingerprint density at radius 1 is 1.16 bits per heavy atom. The van der Waals surface area contributed by atoms with Crippen molar-refractivity contribution in [2.75, 3.05) is 0 Å². The molecule has 0 heterocycles. The molecule has 1 aromatic rings. The standard InChI is InChI=1S/C16H16O3/c1-7-4-5-10-9(3)15(18)16(19)13-8(2)6-11(17)12(7)14(10)13/h6-7,17H,4-5H2,1-3H3. The number of ketones is 2. The summed E-state index contributed by atoms with van der Waals surface area (Å²) in [4.78, 5) is 24.3. The first-order valence-electron chi connectivity index (χ1n) is 6.59. The van der Waals surface area contributed by atoms with Crippen LogP contribution in [0.25, 0.3) is 5.57 Å². The van der Waals surface area contributed by atoms with E-state index in [1.807, 2.05) is 0 Å². The van der Waals surface area contributed by atoms with Crippen LogP contribution in [0.1, 0.15) is 59.7 Å². The maximum absolute atomic E-state index is 12.2. The van der Waals surface area contributed by atoms with E-state index < -0.39 is 11.6 Å². The van der Waals surface area contributed by atoms with Gasteiger partial charge in [0.15, 0.2) is 0 Å². The van der Waals surface area contributed by atoms with E-state index in [9.17, 15) is 14.7 Å². The zero-order valence-electron chi connectivity index (χ0n) is 11.3. The lowest BCUT2D eigenvalue weighted by atomic mass is 9.71. The van der Waals surface area contributed by atoms with E-state index in [2.05, 4.69) is 6.92 Å². The summed E-state index contributed by atoms with van der Waals surface area (Å²) >= 11 is 0. The largest absolute Gasteiger partial charge is 0.508 e. The highest BCUT2D eigenvalue weighted by molar-refractivity contribution is 6.52. The molecule has 2 aliphatic carbocycles. The molecule has 0 fully saturated rings. The average molecular weight is 256 g/mol. The van der Waals surface area contributed by atoms with Crippen molar-refractivity contribution >= 4 is 17.1 Å². The van der Waals surface area contributed by atoms with Gasteiger partial charge in [0, 0.05) is 16.7 Å². The molecule has 0 bridgehead atoms. The van der Waals surface area contributed by atoms with E-state index in [0.29, 0.717) is 16.7 Å². The average Bonchev–Trinajstić information content (AvgIpc) is 2.35. The molecule has 0 radical (unpaired) electrons. The Morgan fingerprint density at radius 2 is 1.84 bits per heavy atom. The van der Waals surface area contributed by atoms with Gasteiger partial charge in [0.2, 0.25) is 11.6 Å². The van der Waals surface area contributed by atoms with Crippen molar-refractivity contribution in [1.82, 2.24) is 0 Å². The van der Waals surface area contributed by atoms with Crippen molar-refractivity contribution < 1.29 is 14.7 Å². The summed E-state index contributed by atoms with van der Waals surface area (Å²) in [5.41, 5.74) is 4.36. The fourth-order valence-electron chi connectivity index (χ4n) is 3.35. The highest BCUT2D eigenvalue weighted by Crippen LogP contribution is 2.48. The summed E-state index contributed by atoms with van der Waals surface area (Å²) in [6.07, 6.45) is 1.70. The predicted octanol–water partition coefficient (Wildman–Crippen LogP) is 3.14. The third-order valence-corrected chi connectivity index (χ3v) is 4.39. The number of phenolic OH excluding ortho intramolecular Hbond substituents is 1. The van der Waals surface area contributed by atoms with Crippen LogP contribution >= 0.6 is 0 Å². The maximum atomic E-state index is 12.2. The molecule has 0 aromatic heterocycles. The van der Waals surface area contributed by atoms with Gasteiger partial charge in [-0.1, -0.05) is 6.92 Å². The van der Waals surface area contributed by atoms with Crippen molar-refractivity contribution in [2.24, 2.45) is 0 Å². The predicted molar refractivity (Wildman–Crippen MR) is 72.4 cm³/mol. The normalized spacial score (nSPS) is 21.7. The van der Waals surface area contributed by atoms with Gasteiger partial charge in [-0.3, -0.25) is 9.59 Å². The summed E-state index contributed by atoms with van der Waals surface area (Å²) in [6.45, 7) is 5.55. The van der Waals surface area contributed by atoms with Crippen molar-refractivity contribution in [3.8, 4) is 5.75 Å². The highest BCUT2D eigenvalue weighted by atomic mass is 16.3. The molecule has 98 valence electrons. The molecular formula is C16H16O3. The monoisotopic (exact) mass is 256 g/mol. The second kappa shape index (κ2) is 3.80. The number of carbonyl (C=O) groups excluding carboxylic acids is 2. The number of phenols is 1. The molecule has 2 aliphatic rings. The van der Waals surface area contributed by atoms with Crippen LogP contribution in [0.5, 0.6) is 5.75 Å². The molecule has 0 spiro atoms. The summed E-state index contributed by atoms with van der Waals surface area (Å²) < 4.78 is 0. The number of hydrogen-bond acceptors (Lipinski definition) is 3. The zero-order chi connectivity index (χ0) is 13.9. The van der Waals surface area contributed by atoms with Crippen LogP contribution < -0.4 is 0 Å². The Bertz CT molecular complexity index is 665. The molecule has 1 atom stereocenters. The highest BCUT2D eigenvalue weighted by Gasteiger charge is 2.37. The lowest BCUT2D eigenvalue weighted by molar-refractivity contribution is -0.111. The fraction of sp³-hybridized carbons (Fsp3) is 0.375. The Morgan fingerprint density at radius 3 is 2.53 bits per heavy atom.